The Kier molecular flexibility index (Phi) is 5.52. The predicted molar refractivity (Wildman–Crippen MR) is 102 cm³/mol. The highest BCUT2D eigenvalue weighted by Gasteiger charge is 2.36. The highest BCUT2D eigenvalue weighted by atomic mass is 32.2. The number of sulfonamides is 1. The second kappa shape index (κ2) is 7.72. The molecule has 9 nitrogen and oxygen atoms in total. The van der Waals surface area contributed by atoms with Gasteiger partial charge in [-0.25, -0.2) is 13.4 Å². The number of para-hydroxylation sites is 1. The number of imidazole rings is 1. The van der Waals surface area contributed by atoms with Gasteiger partial charge in [0.25, 0.3) is 5.91 Å². The molecule has 0 spiro atoms. The fourth-order valence-electron chi connectivity index (χ4n) is 2.94. The van der Waals surface area contributed by atoms with E-state index in [9.17, 15) is 18.0 Å². The quantitative estimate of drug-likeness (QED) is 0.785. The maximum Gasteiger partial charge on any atom is 0.271 e. The summed E-state index contributed by atoms with van der Waals surface area (Å²) in [6, 6.07) is 6.49. The highest BCUT2D eigenvalue weighted by Crippen LogP contribution is 2.31. The number of fused-ring (bicyclic) bond motifs is 3. The molecule has 0 saturated carbocycles. The number of likely N-dealkylation sites (N-methyl/N-ethyl adjacent to an activating group) is 1. The van der Waals surface area contributed by atoms with Crippen molar-refractivity contribution in [3.63, 3.8) is 0 Å². The lowest BCUT2D eigenvalue weighted by molar-refractivity contribution is -0.128. The molecule has 10 heteroatoms. The number of benzene rings is 1. The van der Waals surface area contributed by atoms with Crippen LogP contribution in [0.25, 0.3) is 5.69 Å². The molecule has 2 amide bonds. The number of nitrogens with zero attached hydrogens (tertiary/aromatic N) is 4. The van der Waals surface area contributed by atoms with Crippen molar-refractivity contribution in [3.05, 3.63) is 42.0 Å². The number of nitrogens with one attached hydrogen (secondary N) is 1. The van der Waals surface area contributed by atoms with E-state index in [1.54, 1.807) is 36.9 Å². The zero-order chi connectivity index (χ0) is 20.5. The summed E-state index contributed by atoms with van der Waals surface area (Å²) in [5.41, 5.74) is 0.982. The molecule has 28 heavy (non-hydrogen) atoms. The van der Waals surface area contributed by atoms with Gasteiger partial charge in [0, 0.05) is 20.6 Å². The number of carbonyl (C=O) groups excluding carboxylic acids is 2. The average molecular weight is 405 g/mol. The molecule has 0 saturated heterocycles. The van der Waals surface area contributed by atoms with E-state index < -0.39 is 10.0 Å². The smallest absolute Gasteiger partial charge is 0.271 e. The van der Waals surface area contributed by atoms with Crippen molar-refractivity contribution in [3.8, 4) is 5.69 Å². The van der Waals surface area contributed by atoms with Gasteiger partial charge in [-0.1, -0.05) is 19.1 Å². The third-order valence-electron chi connectivity index (χ3n) is 4.50. The topological polar surface area (TPSA) is 105 Å². The zero-order valence-corrected chi connectivity index (χ0v) is 16.9. The molecule has 1 N–H and O–H groups in total. The number of aromatic nitrogens is 2. The first-order chi connectivity index (χ1) is 13.3. The molecule has 0 bridgehead atoms. The van der Waals surface area contributed by atoms with E-state index >= 15 is 0 Å². The van der Waals surface area contributed by atoms with Crippen LogP contribution < -0.4 is 5.32 Å². The highest BCUT2D eigenvalue weighted by molar-refractivity contribution is 7.89. The summed E-state index contributed by atoms with van der Waals surface area (Å²) in [5.74, 6) is -0.725. The van der Waals surface area contributed by atoms with Gasteiger partial charge in [0.05, 0.1) is 24.5 Å². The Balaban J connectivity index is 2.14. The Hall–Kier alpha value is -2.72. The number of carbonyl (C=O) groups is 2. The number of rotatable bonds is 5. The summed E-state index contributed by atoms with van der Waals surface area (Å²) < 4.78 is 29.1. The normalized spacial score (nSPS) is 15.2. The molecule has 150 valence electrons. The van der Waals surface area contributed by atoms with Crippen LogP contribution in [0, 0.1) is 0 Å². The van der Waals surface area contributed by atoms with E-state index in [0.29, 0.717) is 17.9 Å². The van der Waals surface area contributed by atoms with Crippen LogP contribution in [0.5, 0.6) is 0 Å². The standard InChI is InChI=1S/C18H23N5O4S/c1-4-9-19-18(25)17-14-10-22(11-16(24)21(2)3)28(26,27)15-8-6-5-7-13(15)23(14)12-20-17/h5-8,12H,4,9-11H2,1-3H3,(H,19,25). The molecule has 0 radical (unpaired) electrons. The molecular weight excluding hydrogens is 382 g/mol. The van der Waals surface area contributed by atoms with Crippen molar-refractivity contribution in [1.29, 1.82) is 0 Å². The van der Waals surface area contributed by atoms with Crippen molar-refractivity contribution < 1.29 is 18.0 Å². The van der Waals surface area contributed by atoms with Gasteiger partial charge in [-0.15, -0.1) is 0 Å². The van der Waals surface area contributed by atoms with Crippen LogP contribution >= 0.6 is 0 Å². The fraction of sp³-hybridized carbons (Fsp3) is 0.389. The molecular formula is C18H23N5O4S. The van der Waals surface area contributed by atoms with Gasteiger partial charge in [-0.05, 0) is 18.6 Å². The summed E-state index contributed by atoms with van der Waals surface area (Å²) in [4.78, 5) is 30.4. The Bertz CT molecular complexity index is 1010. The van der Waals surface area contributed by atoms with Crippen LogP contribution in [-0.4, -0.2) is 66.2 Å². The van der Waals surface area contributed by atoms with Crippen molar-refractivity contribution in [2.24, 2.45) is 0 Å². The largest absolute Gasteiger partial charge is 0.351 e. The minimum atomic E-state index is -3.94. The van der Waals surface area contributed by atoms with Gasteiger partial charge >= 0.3 is 0 Å². The monoisotopic (exact) mass is 405 g/mol. The first kappa shape index (κ1) is 20.0. The van der Waals surface area contributed by atoms with Gasteiger partial charge in [-0.3, -0.25) is 14.2 Å². The molecule has 1 aliphatic rings. The number of hydrogen-bond acceptors (Lipinski definition) is 5. The molecule has 0 fully saturated rings. The van der Waals surface area contributed by atoms with Crippen LogP contribution in [0.1, 0.15) is 29.5 Å². The lowest BCUT2D eigenvalue weighted by Crippen LogP contribution is -2.39. The van der Waals surface area contributed by atoms with E-state index in [2.05, 4.69) is 10.3 Å². The fourth-order valence-corrected chi connectivity index (χ4v) is 4.47. The van der Waals surface area contributed by atoms with Crippen molar-refractivity contribution in [1.82, 2.24) is 24.1 Å². The first-order valence-corrected chi connectivity index (χ1v) is 10.4. The maximum atomic E-state index is 13.2. The second-order valence-electron chi connectivity index (χ2n) is 6.69. The second-order valence-corrected chi connectivity index (χ2v) is 8.60. The molecule has 1 aromatic carbocycles. The van der Waals surface area contributed by atoms with E-state index in [1.807, 2.05) is 6.92 Å². The van der Waals surface area contributed by atoms with Gasteiger partial charge in [-0.2, -0.15) is 4.31 Å². The predicted octanol–water partition coefficient (Wildman–Crippen LogP) is 0.605. The maximum absolute atomic E-state index is 13.2. The van der Waals surface area contributed by atoms with E-state index in [1.165, 1.54) is 17.3 Å². The molecule has 1 aromatic heterocycles. The average Bonchev–Trinajstić information content (AvgIpc) is 3.05. The van der Waals surface area contributed by atoms with Gasteiger partial charge < -0.3 is 10.2 Å². The first-order valence-electron chi connectivity index (χ1n) is 8.91. The third-order valence-corrected chi connectivity index (χ3v) is 6.34. The zero-order valence-electron chi connectivity index (χ0n) is 16.0. The van der Waals surface area contributed by atoms with E-state index in [4.69, 9.17) is 0 Å². The lowest BCUT2D eigenvalue weighted by Gasteiger charge is -2.21. The van der Waals surface area contributed by atoms with Crippen molar-refractivity contribution >= 4 is 21.8 Å². The molecule has 0 atom stereocenters. The summed E-state index contributed by atoms with van der Waals surface area (Å²) >= 11 is 0. The summed E-state index contributed by atoms with van der Waals surface area (Å²) in [6.07, 6.45) is 2.21. The summed E-state index contributed by atoms with van der Waals surface area (Å²) in [7, 11) is -0.811. The van der Waals surface area contributed by atoms with E-state index in [0.717, 1.165) is 10.7 Å². The Morgan fingerprint density at radius 2 is 1.96 bits per heavy atom. The van der Waals surface area contributed by atoms with Crippen LogP contribution in [0.4, 0.5) is 0 Å². The molecule has 2 aromatic rings. The Morgan fingerprint density at radius 3 is 2.64 bits per heavy atom. The van der Waals surface area contributed by atoms with Gasteiger partial charge in [0.2, 0.25) is 15.9 Å². The number of amides is 2. The minimum absolute atomic E-state index is 0.0678. The Labute approximate surface area is 164 Å². The molecule has 3 rings (SSSR count). The molecule has 0 unspecified atom stereocenters. The van der Waals surface area contributed by atoms with Gasteiger partial charge in [0.1, 0.15) is 11.2 Å². The van der Waals surface area contributed by atoms with Gasteiger partial charge in [0.15, 0.2) is 5.69 Å². The summed E-state index contributed by atoms with van der Waals surface area (Å²) in [5, 5.41) is 2.77. The van der Waals surface area contributed by atoms with E-state index in [-0.39, 0.29) is 35.5 Å². The lowest BCUT2D eigenvalue weighted by atomic mass is 10.2. The number of hydrogen-bond donors (Lipinski definition) is 1. The molecule has 2 heterocycles. The molecule has 1 aliphatic heterocycles. The molecule has 0 aliphatic carbocycles. The summed E-state index contributed by atoms with van der Waals surface area (Å²) in [6.45, 7) is 1.96. The van der Waals surface area contributed by atoms with Crippen LogP contribution in [0.3, 0.4) is 0 Å². The Morgan fingerprint density at radius 1 is 1.25 bits per heavy atom. The van der Waals surface area contributed by atoms with Crippen LogP contribution in [0.15, 0.2) is 35.5 Å². The third kappa shape index (κ3) is 3.52. The minimum Gasteiger partial charge on any atom is -0.351 e. The SMILES string of the molecule is CCCNC(=O)c1ncn2c1CN(CC(=O)N(C)C)S(=O)(=O)c1ccccc1-2. The van der Waals surface area contributed by atoms with Crippen LogP contribution in [0.2, 0.25) is 0 Å². The van der Waals surface area contributed by atoms with Crippen molar-refractivity contribution in [2.75, 3.05) is 27.2 Å². The van der Waals surface area contributed by atoms with Crippen molar-refractivity contribution in [2.45, 2.75) is 24.8 Å². The van der Waals surface area contributed by atoms with Crippen LogP contribution in [-0.2, 0) is 21.4 Å².